The zero-order chi connectivity index (χ0) is 10.8. The number of nitrogens with two attached hydrogens (primary N) is 1. The lowest BCUT2D eigenvalue weighted by Crippen LogP contribution is -2.38. The van der Waals surface area contributed by atoms with E-state index in [1.165, 1.54) is 0 Å². The van der Waals surface area contributed by atoms with Crippen molar-refractivity contribution in [1.29, 1.82) is 0 Å². The fourth-order valence-electron chi connectivity index (χ4n) is 0.957. The van der Waals surface area contributed by atoms with Crippen LogP contribution in [0.3, 0.4) is 0 Å². The maximum Gasteiger partial charge on any atom is 0.240 e. The van der Waals surface area contributed by atoms with Crippen molar-refractivity contribution in [3.8, 4) is 0 Å². The van der Waals surface area contributed by atoms with E-state index in [9.17, 15) is 4.79 Å². The Morgan fingerprint density at radius 2 is 2.29 bits per heavy atom. The standard InChI is InChI=1S/C7H13NO.C3H5NO/c1-2-3-7-6-8-4-5-9-7;1-2-3(4)5/h2,7-8H,1,3-6H2;2H,1H2,(H2,4,5). The van der Waals surface area contributed by atoms with Gasteiger partial charge in [0.05, 0.1) is 12.7 Å². The number of hydrogen-bond donors (Lipinski definition) is 2. The smallest absolute Gasteiger partial charge is 0.240 e. The van der Waals surface area contributed by atoms with Crippen LogP contribution in [-0.4, -0.2) is 31.7 Å². The SMILES string of the molecule is C=CC(N)=O.C=CCC1CNCCO1. The predicted octanol–water partition coefficient (Wildman–Crippen LogP) is 0.209. The third-order valence-corrected chi connectivity index (χ3v) is 1.64. The summed E-state index contributed by atoms with van der Waals surface area (Å²) in [5.41, 5.74) is 4.53. The molecule has 0 bridgehead atoms. The normalized spacial score (nSPS) is 20.1. The van der Waals surface area contributed by atoms with Crippen molar-refractivity contribution in [3.05, 3.63) is 25.3 Å². The van der Waals surface area contributed by atoms with E-state index in [1.54, 1.807) is 0 Å². The number of amides is 1. The Hall–Kier alpha value is -1.13. The van der Waals surface area contributed by atoms with Gasteiger partial charge in [-0.15, -0.1) is 6.58 Å². The van der Waals surface area contributed by atoms with Gasteiger partial charge in [-0.2, -0.15) is 0 Å². The highest BCUT2D eigenvalue weighted by molar-refractivity contribution is 5.84. The van der Waals surface area contributed by atoms with E-state index in [2.05, 4.69) is 24.2 Å². The average Bonchev–Trinajstić information content (AvgIpc) is 2.21. The van der Waals surface area contributed by atoms with Crippen molar-refractivity contribution in [1.82, 2.24) is 5.32 Å². The zero-order valence-corrected chi connectivity index (χ0v) is 8.37. The average molecular weight is 198 g/mol. The van der Waals surface area contributed by atoms with E-state index in [1.807, 2.05) is 6.08 Å². The lowest BCUT2D eigenvalue weighted by atomic mass is 10.2. The lowest BCUT2D eigenvalue weighted by molar-refractivity contribution is -0.113. The molecule has 1 atom stereocenters. The molecule has 1 amide bonds. The molecule has 1 fully saturated rings. The van der Waals surface area contributed by atoms with E-state index in [0.29, 0.717) is 6.10 Å². The van der Waals surface area contributed by atoms with Crippen LogP contribution >= 0.6 is 0 Å². The van der Waals surface area contributed by atoms with Gasteiger partial charge in [-0.25, -0.2) is 0 Å². The Labute approximate surface area is 84.8 Å². The Balaban J connectivity index is 0.000000292. The summed E-state index contributed by atoms with van der Waals surface area (Å²) in [5, 5.41) is 3.25. The molecule has 1 unspecified atom stereocenters. The van der Waals surface area contributed by atoms with Gasteiger partial charge in [0.15, 0.2) is 0 Å². The first kappa shape index (κ1) is 12.9. The topological polar surface area (TPSA) is 64.4 Å². The highest BCUT2D eigenvalue weighted by Crippen LogP contribution is 2.00. The Bertz CT molecular complexity index is 187. The summed E-state index contributed by atoms with van der Waals surface area (Å²) in [5.74, 6) is -0.481. The number of nitrogens with one attached hydrogen (secondary N) is 1. The minimum Gasteiger partial charge on any atom is -0.375 e. The molecule has 0 aromatic heterocycles. The van der Waals surface area contributed by atoms with E-state index >= 15 is 0 Å². The summed E-state index contributed by atoms with van der Waals surface area (Å²) in [4.78, 5) is 9.47. The van der Waals surface area contributed by atoms with Crippen molar-refractivity contribution >= 4 is 5.91 Å². The number of rotatable bonds is 3. The number of primary amides is 1. The molecule has 0 radical (unpaired) electrons. The van der Waals surface area contributed by atoms with Crippen LogP contribution in [0, 0.1) is 0 Å². The van der Waals surface area contributed by atoms with Gasteiger partial charge in [-0.3, -0.25) is 4.79 Å². The molecule has 80 valence electrons. The number of ether oxygens (including phenoxy) is 1. The largest absolute Gasteiger partial charge is 0.375 e. The molecule has 1 saturated heterocycles. The number of carbonyl (C=O) groups is 1. The maximum atomic E-state index is 9.47. The fraction of sp³-hybridized carbons (Fsp3) is 0.500. The molecule has 0 aromatic carbocycles. The fourth-order valence-corrected chi connectivity index (χ4v) is 0.957. The van der Waals surface area contributed by atoms with Crippen LogP contribution in [-0.2, 0) is 9.53 Å². The Morgan fingerprint density at radius 1 is 1.64 bits per heavy atom. The Morgan fingerprint density at radius 3 is 2.64 bits per heavy atom. The highest BCUT2D eigenvalue weighted by atomic mass is 16.5. The molecule has 14 heavy (non-hydrogen) atoms. The van der Waals surface area contributed by atoms with Gasteiger partial charge in [-0.05, 0) is 12.5 Å². The first-order valence-electron chi connectivity index (χ1n) is 4.55. The van der Waals surface area contributed by atoms with E-state index in [0.717, 1.165) is 32.2 Å². The molecule has 4 heteroatoms. The molecule has 1 rings (SSSR count). The monoisotopic (exact) mass is 198 g/mol. The van der Waals surface area contributed by atoms with Crippen molar-refractivity contribution in [2.75, 3.05) is 19.7 Å². The summed E-state index contributed by atoms with van der Waals surface area (Å²) in [6.07, 6.45) is 4.29. The lowest BCUT2D eigenvalue weighted by Gasteiger charge is -2.21. The third-order valence-electron chi connectivity index (χ3n) is 1.64. The minimum atomic E-state index is -0.481. The second-order valence-electron chi connectivity index (χ2n) is 2.83. The van der Waals surface area contributed by atoms with Crippen LogP contribution in [0.25, 0.3) is 0 Å². The first-order chi connectivity index (χ1) is 6.70. The molecular weight excluding hydrogens is 180 g/mol. The van der Waals surface area contributed by atoms with Crippen molar-refractivity contribution in [3.63, 3.8) is 0 Å². The maximum absolute atomic E-state index is 9.47. The molecule has 1 heterocycles. The van der Waals surface area contributed by atoms with Crippen LogP contribution < -0.4 is 11.1 Å². The van der Waals surface area contributed by atoms with E-state index in [-0.39, 0.29) is 0 Å². The third kappa shape index (κ3) is 7.52. The zero-order valence-electron chi connectivity index (χ0n) is 8.37. The van der Waals surface area contributed by atoms with E-state index in [4.69, 9.17) is 4.74 Å². The first-order valence-corrected chi connectivity index (χ1v) is 4.55. The van der Waals surface area contributed by atoms with Crippen molar-refractivity contribution in [2.24, 2.45) is 5.73 Å². The van der Waals surface area contributed by atoms with Gasteiger partial charge in [0, 0.05) is 13.1 Å². The molecule has 0 aromatic rings. The molecule has 3 N–H and O–H groups in total. The molecular formula is C10H18N2O2. The number of carbonyl (C=O) groups excluding carboxylic acids is 1. The highest BCUT2D eigenvalue weighted by Gasteiger charge is 2.09. The molecule has 1 aliphatic heterocycles. The van der Waals surface area contributed by atoms with Gasteiger partial charge in [0.1, 0.15) is 0 Å². The number of morpholine rings is 1. The number of hydrogen-bond acceptors (Lipinski definition) is 3. The summed E-state index contributed by atoms with van der Waals surface area (Å²) in [6, 6.07) is 0. The van der Waals surface area contributed by atoms with Crippen LogP contribution in [0.4, 0.5) is 0 Å². The van der Waals surface area contributed by atoms with Crippen LogP contribution in [0.1, 0.15) is 6.42 Å². The van der Waals surface area contributed by atoms with E-state index < -0.39 is 5.91 Å². The summed E-state index contributed by atoms with van der Waals surface area (Å²) >= 11 is 0. The molecule has 0 saturated carbocycles. The predicted molar refractivity (Wildman–Crippen MR) is 56.8 cm³/mol. The minimum absolute atomic E-state index is 0.372. The quantitative estimate of drug-likeness (QED) is 0.503. The van der Waals surface area contributed by atoms with Gasteiger partial charge in [-0.1, -0.05) is 12.7 Å². The van der Waals surface area contributed by atoms with Gasteiger partial charge < -0.3 is 15.8 Å². The molecule has 0 spiro atoms. The van der Waals surface area contributed by atoms with Gasteiger partial charge >= 0.3 is 0 Å². The Kier molecular flexibility index (Phi) is 7.78. The van der Waals surface area contributed by atoms with Crippen LogP contribution in [0.5, 0.6) is 0 Å². The van der Waals surface area contributed by atoms with Crippen LogP contribution in [0.15, 0.2) is 25.3 Å². The van der Waals surface area contributed by atoms with Crippen molar-refractivity contribution in [2.45, 2.75) is 12.5 Å². The van der Waals surface area contributed by atoms with Crippen molar-refractivity contribution < 1.29 is 9.53 Å². The summed E-state index contributed by atoms with van der Waals surface area (Å²) in [6.45, 7) is 9.55. The second-order valence-corrected chi connectivity index (χ2v) is 2.83. The summed E-state index contributed by atoms with van der Waals surface area (Å²) < 4.78 is 5.38. The second kappa shape index (κ2) is 8.47. The van der Waals surface area contributed by atoms with Gasteiger partial charge in [0.25, 0.3) is 0 Å². The molecule has 1 aliphatic rings. The summed E-state index contributed by atoms with van der Waals surface area (Å²) in [7, 11) is 0. The van der Waals surface area contributed by atoms with Crippen LogP contribution in [0.2, 0.25) is 0 Å². The molecule has 4 nitrogen and oxygen atoms in total. The molecule has 0 aliphatic carbocycles. The van der Waals surface area contributed by atoms with Gasteiger partial charge in [0.2, 0.25) is 5.91 Å².